The molecule has 0 unspecified atom stereocenters. The number of benzene rings is 1. The van der Waals surface area contributed by atoms with Gasteiger partial charge in [0.1, 0.15) is 5.78 Å². The average Bonchev–Trinajstić information content (AvgIpc) is 2.40. The number of nitro benzene ring substituents is 1. The summed E-state index contributed by atoms with van der Waals surface area (Å²) in [6.45, 7) is 0. The fourth-order valence-electron chi connectivity index (χ4n) is 1.76. The fraction of sp³-hybridized carbons (Fsp3) is 0.143. The van der Waals surface area contributed by atoms with Gasteiger partial charge in [-0.15, -0.1) is 0 Å². The number of nitrogens with zero attached hydrogens (tertiary/aromatic N) is 2. The summed E-state index contributed by atoms with van der Waals surface area (Å²) in [7, 11) is 0. The van der Waals surface area contributed by atoms with Gasteiger partial charge in [-0.25, -0.2) is 0 Å². The zero-order chi connectivity index (χ0) is 13.7. The maximum Gasteiger partial charge on any atom is 0.269 e. The third-order valence-electron chi connectivity index (χ3n) is 2.67. The maximum absolute atomic E-state index is 11.8. The topological polar surface area (TPSA) is 73.1 Å². The molecule has 1 aromatic carbocycles. The molecule has 0 fully saturated rings. The van der Waals surface area contributed by atoms with Crippen molar-refractivity contribution >= 4 is 11.5 Å². The van der Waals surface area contributed by atoms with Gasteiger partial charge in [-0.05, 0) is 17.2 Å². The molecule has 0 saturated heterocycles. The Morgan fingerprint density at radius 3 is 2.37 bits per heavy atom. The Bertz CT molecular complexity index is 579. The molecule has 1 heterocycles. The third-order valence-corrected chi connectivity index (χ3v) is 2.67. The van der Waals surface area contributed by atoms with Gasteiger partial charge >= 0.3 is 0 Å². The number of hydrogen-bond donors (Lipinski definition) is 0. The van der Waals surface area contributed by atoms with Crippen molar-refractivity contribution < 1.29 is 9.72 Å². The summed E-state index contributed by atoms with van der Waals surface area (Å²) >= 11 is 0. The van der Waals surface area contributed by atoms with E-state index in [0.29, 0.717) is 6.42 Å². The van der Waals surface area contributed by atoms with E-state index in [4.69, 9.17) is 0 Å². The van der Waals surface area contributed by atoms with Crippen LogP contribution < -0.4 is 0 Å². The molecule has 1 aromatic heterocycles. The van der Waals surface area contributed by atoms with Crippen LogP contribution in [0.25, 0.3) is 0 Å². The van der Waals surface area contributed by atoms with E-state index in [-0.39, 0.29) is 17.9 Å². The standard InChI is InChI=1S/C14H12N2O3/c17-14(9-12-2-1-7-15-10-12)8-11-3-5-13(6-4-11)16(18)19/h1-7,10H,8-9H2. The first-order chi connectivity index (χ1) is 9.15. The molecular weight excluding hydrogens is 244 g/mol. The van der Waals surface area contributed by atoms with E-state index >= 15 is 0 Å². The largest absolute Gasteiger partial charge is 0.299 e. The molecule has 5 heteroatoms. The Morgan fingerprint density at radius 1 is 1.11 bits per heavy atom. The molecule has 2 rings (SSSR count). The number of carbonyl (C=O) groups is 1. The molecule has 0 N–H and O–H groups in total. The number of carbonyl (C=O) groups excluding carboxylic acids is 1. The van der Waals surface area contributed by atoms with Crippen LogP contribution in [0.4, 0.5) is 5.69 Å². The summed E-state index contributed by atoms with van der Waals surface area (Å²) in [5.41, 5.74) is 1.68. The van der Waals surface area contributed by atoms with Crippen LogP contribution in [-0.4, -0.2) is 15.7 Å². The average molecular weight is 256 g/mol. The van der Waals surface area contributed by atoms with Crippen LogP contribution >= 0.6 is 0 Å². The highest BCUT2D eigenvalue weighted by Crippen LogP contribution is 2.13. The molecule has 0 amide bonds. The van der Waals surface area contributed by atoms with E-state index in [1.54, 1.807) is 30.6 Å². The molecule has 0 saturated carbocycles. The minimum Gasteiger partial charge on any atom is -0.299 e. The van der Waals surface area contributed by atoms with Crippen molar-refractivity contribution in [3.63, 3.8) is 0 Å². The van der Waals surface area contributed by atoms with Crippen LogP contribution in [0.2, 0.25) is 0 Å². The van der Waals surface area contributed by atoms with Gasteiger partial charge in [-0.1, -0.05) is 18.2 Å². The van der Waals surface area contributed by atoms with Crippen LogP contribution in [0.1, 0.15) is 11.1 Å². The molecule has 96 valence electrons. The van der Waals surface area contributed by atoms with E-state index in [2.05, 4.69) is 4.98 Å². The lowest BCUT2D eigenvalue weighted by Crippen LogP contribution is -2.06. The third kappa shape index (κ3) is 3.70. The number of Topliss-reactive ketones (excluding diaryl/α,β-unsaturated/α-hetero) is 1. The molecule has 0 aliphatic carbocycles. The number of pyridine rings is 1. The Morgan fingerprint density at radius 2 is 1.79 bits per heavy atom. The normalized spacial score (nSPS) is 10.1. The molecule has 0 spiro atoms. The number of rotatable bonds is 5. The van der Waals surface area contributed by atoms with E-state index in [9.17, 15) is 14.9 Å². The van der Waals surface area contributed by atoms with Gasteiger partial charge in [0, 0.05) is 37.4 Å². The van der Waals surface area contributed by atoms with Crippen molar-refractivity contribution in [3.05, 3.63) is 70.0 Å². The molecule has 0 aliphatic heterocycles. The number of aromatic nitrogens is 1. The summed E-state index contributed by atoms with van der Waals surface area (Å²) in [6.07, 6.45) is 3.91. The Kier molecular flexibility index (Phi) is 3.97. The minimum atomic E-state index is -0.457. The summed E-state index contributed by atoms with van der Waals surface area (Å²) in [4.78, 5) is 25.8. The lowest BCUT2D eigenvalue weighted by molar-refractivity contribution is -0.384. The number of hydrogen-bond acceptors (Lipinski definition) is 4. The summed E-state index contributed by atoms with van der Waals surface area (Å²) in [6, 6.07) is 9.67. The van der Waals surface area contributed by atoms with Gasteiger partial charge in [-0.2, -0.15) is 0 Å². The molecule has 0 radical (unpaired) electrons. The van der Waals surface area contributed by atoms with Crippen molar-refractivity contribution in [1.82, 2.24) is 4.98 Å². The summed E-state index contributed by atoms with van der Waals surface area (Å²) in [5, 5.41) is 10.5. The first kappa shape index (κ1) is 12.9. The molecule has 2 aromatic rings. The molecule has 0 atom stereocenters. The van der Waals surface area contributed by atoms with E-state index in [1.807, 2.05) is 6.07 Å². The smallest absolute Gasteiger partial charge is 0.269 e. The molecule has 19 heavy (non-hydrogen) atoms. The van der Waals surface area contributed by atoms with Crippen LogP contribution in [0, 0.1) is 10.1 Å². The maximum atomic E-state index is 11.8. The van der Waals surface area contributed by atoms with Crippen molar-refractivity contribution in [2.45, 2.75) is 12.8 Å². The van der Waals surface area contributed by atoms with Crippen LogP contribution in [0.3, 0.4) is 0 Å². The SMILES string of the molecule is O=C(Cc1ccc([N+](=O)[O-])cc1)Cc1cccnc1. The number of nitro groups is 1. The van der Waals surface area contributed by atoms with Crippen molar-refractivity contribution in [3.8, 4) is 0 Å². The van der Waals surface area contributed by atoms with E-state index in [0.717, 1.165) is 11.1 Å². The van der Waals surface area contributed by atoms with Gasteiger partial charge in [-0.3, -0.25) is 19.9 Å². The second-order valence-electron chi connectivity index (χ2n) is 4.18. The van der Waals surface area contributed by atoms with E-state index < -0.39 is 4.92 Å². The van der Waals surface area contributed by atoms with Gasteiger partial charge in [0.2, 0.25) is 0 Å². The van der Waals surface area contributed by atoms with Crippen molar-refractivity contribution in [1.29, 1.82) is 0 Å². The summed E-state index contributed by atoms with van der Waals surface area (Å²) < 4.78 is 0. The minimum absolute atomic E-state index is 0.0310. The predicted molar refractivity (Wildman–Crippen MR) is 69.7 cm³/mol. The highest BCUT2D eigenvalue weighted by atomic mass is 16.6. The van der Waals surface area contributed by atoms with Crippen molar-refractivity contribution in [2.75, 3.05) is 0 Å². The quantitative estimate of drug-likeness (QED) is 0.608. The van der Waals surface area contributed by atoms with Gasteiger partial charge in [0.15, 0.2) is 0 Å². The second kappa shape index (κ2) is 5.86. The van der Waals surface area contributed by atoms with Gasteiger partial charge < -0.3 is 0 Å². The first-order valence-electron chi connectivity index (χ1n) is 5.79. The number of non-ortho nitro benzene ring substituents is 1. The Balaban J connectivity index is 1.97. The summed E-state index contributed by atoms with van der Waals surface area (Å²) in [5.74, 6) is 0.0573. The molecule has 0 bridgehead atoms. The van der Waals surface area contributed by atoms with Crippen molar-refractivity contribution in [2.24, 2.45) is 0 Å². The zero-order valence-corrected chi connectivity index (χ0v) is 10.2. The fourth-order valence-corrected chi connectivity index (χ4v) is 1.76. The zero-order valence-electron chi connectivity index (χ0n) is 10.2. The highest BCUT2D eigenvalue weighted by molar-refractivity contribution is 5.83. The van der Waals surface area contributed by atoms with Crippen LogP contribution in [-0.2, 0) is 17.6 Å². The predicted octanol–water partition coefficient (Wildman–Crippen LogP) is 2.34. The first-order valence-corrected chi connectivity index (χ1v) is 5.79. The Labute approximate surface area is 110 Å². The molecule has 0 aliphatic rings. The lowest BCUT2D eigenvalue weighted by atomic mass is 10.0. The lowest BCUT2D eigenvalue weighted by Gasteiger charge is -2.01. The highest BCUT2D eigenvalue weighted by Gasteiger charge is 2.08. The van der Waals surface area contributed by atoms with E-state index in [1.165, 1.54) is 12.1 Å². The van der Waals surface area contributed by atoms with Crippen LogP contribution in [0.15, 0.2) is 48.8 Å². The Hall–Kier alpha value is -2.56. The molecule has 5 nitrogen and oxygen atoms in total. The monoisotopic (exact) mass is 256 g/mol. The number of ketones is 1. The van der Waals surface area contributed by atoms with Crippen LogP contribution in [0.5, 0.6) is 0 Å². The second-order valence-corrected chi connectivity index (χ2v) is 4.18. The van der Waals surface area contributed by atoms with Gasteiger partial charge in [0.25, 0.3) is 5.69 Å². The molecular formula is C14H12N2O3. The van der Waals surface area contributed by atoms with Gasteiger partial charge in [0.05, 0.1) is 4.92 Å².